The minimum absolute atomic E-state index is 0.153. The number of methoxy groups -OCH3 is 1. The minimum atomic E-state index is -0.290. The van der Waals surface area contributed by atoms with Crippen LogP contribution < -0.4 is 14.9 Å². The lowest BCUT2D eigenvalue weighted by Gasteiger charge is -2.12. The fraction of sp³-hybridized carbons (Fsp3) is 0.389. The number of nitrogens with one attached hydrogen (secondary N) is 1. The molecule has 1 aromatic heterocycles. The Morgan fingerprint density at radius 1 is 1.38 bits per heavy atom. The summed E-state index contributed by atoms with van der Waals surface area (Å²) in [5, 5.41) is 6.60. The summed E-state index contributed by atoms with van der Waals surface area (Å²) in [5.74, 6) is 1.03. The van der Waals surface area contributed by atoms with Crippen molar-refractivity contribution in [2.75, 3.05) is 25.7 Å². The third kappa shape index (κ3) is 5.73. The molecule has 0 saturated heterocycles. The van der Waals surface area contributed by atoms with Crippen molar-refractivity contribution in [3.8, 4) is 11.5 Å². The van der Waals surface area contributed by atoms with Gasteiger partial charge in [0, 0.05) is 10.9 Å². The Morgan fingerprint density at radius 3 is 2.96 bits per heavy atom. The van der Waals surface area contributed by atoms with Gasteiger partial charge >= 0.3 is 5.97 Å². The Kier molecular flexibility index (Phi) is 7.88. The van der Waals surface area contributed by atoms with E-state index in [0.29, 0.717) is 35.5 Å². The number of carbonyl (C=O) groups is 1. The van der Waals surface area contributed by atoms with Crippen molar-refractivity contribution >= 4 is 28.7 Å². The average Bonchev–Trinajstić information content (AvgIpc) is 3.07. The van der Waals surface area contributed by atoms with E-state index >= 15 is 0 Å². The Labute approximate surface area is 157 Å². The molecule has 1 heterocycles. The van der Waals surface area contributed by atoms with Gasteiger partial charge in [0.05, 0.1) is 38.7 Å². The van der Waals surface area contributed by atoms with Crippen LogP contribution in [0.25, 0.3) is 0 Å². The van der Waals surface area contributed by atoms with E-state index in [0.717, 1.165) is 12.0 Å². The van der Waals surface area contributed by atoms with E-state index in [2.05, 4.69) is 15.5 Å². The number of ether oxygens (including phenoxy) is 3. The molecule has 0 amide bonds. The monoisotopic (exact) mass is 377 g/mol. The van der Waals surface area contributed by atoms with E-state index in [9.17, 15) is 4.79 Å². The molecule has 0 bridgehead atoms. The summed E-state index contributed by atoms with van der Waals surface area (Å²) in [4.78, 5) is 15.8. The lowest BCUT2D eigenvalue weighted by molar-refractivity contribution is -0.142. The van der Waals surface area contributed by atoms with Crippen molar-refractivity contribution in [1.29, 1.82) is 0 Å². The molecule has 0 atom stereocenters. The number of hydrogen-bond donors (Lipinski definition) is 1. The summed E-state index contributed by atoms with van der Waals surface area (Å²) in [6.45, 7) is 4.78. The molecule has 1 aromatic carbocycles. The largest absolute Gasteiger partial charge is 0.493 e. The Balaban J connectivity index is 2.02. The first kappa shape index (κ1) is 19.7. The van der Waals surface area contributed by atoms with Gasteiger partial charge in [0.15, 0.2) is 11.5 Å². The first-order chi connectivity index (χ1) is 12.7. The molecule has 2 aromatic rings. The van der Waals surface area contributed by atoms with E-state index < -0.39 is 0 Å². The number of aromatic nitrogens is 1. The summed E-state index contributed by atoms with van der Waals surface area (Å²) < 4.78 is 16.0. The molecule has 2 rings (SSSR count). The molecule has 26 heavy (non-hydrogen) atoms. The predicted octanol–water partition coefficient (Wildman–Crippen LogP) is 3.49. The highest BCUT2D eigenvalue weighted by atomic mass is 32.1. The molecule has 0 fully saturated rings. The molecule has 1 N–H and O–H groups in total. The molecule has 7 nitrogen and oxygen atoms in total. The molecule has 0 aliphatic heterocycles. The smallest absolute Gasteiger partial charge is 0.311 e. The van der Waals surface area contributed by atoms with Crippen LogP contribution in [0.3, 0.4) is 0 Å². The summed E-state index contributed by atoms with van der Waals surface area (Å²) in [6.07, 6.45) is 2.70. The molecular weight excluding hydrogens is 354 g/mol. The van der Waals surface area contributed by atoms with Crippen LogP contribution in [-0.2, 0) is 16.0 Å². The molecule has 0 aliphatic rings. The van der Waals surface area contributed by atoms with E-state index in [1.54, 1.807) is 25.6 Å². The fourth-order valence-corrected chi connectivity index (χ4v) is 2.77. The quantitative estimate of drug-likeness (QED) is 0.388. The highest BCUT2D eigenvalue weighted by Crippen LogP contribution is 2.30. The maximum atomic E-state index is 11.5. The van der Waals surface area contributed by atoms with Gasteiger partial charge in [-0.15, -0.1) is 11.3 Å². The lowest BCUT2D eigenvalue weighted by Crippen LogP contribution is -2.07. The third-order valence-corrected chi connectivity index (χ3v) is 4.02. The number of hydrazone groups is 1. The zero-order valence-electron chi connectivity index (χ0n) is 15.2. The van der Waals surface area contributed by atoms with Gasteiger partial charge in [-0.25, -0.2) is 4.98 Å². The molecule has 0 unspecified atom stereocenters. The fourth-order valence-electron chi connectivity index (χ4n) is 2.11. The third-order valence-electron chi connectivity index (χ3n) is 3.23. The van der Waals surface area contributed by atoms with Gasteiger partial charge in [0.2, 0.25) is 5.13 Å². The number of carbonyl (C=O) groups excluding carboxylic acids is 1. The van der Waals surface area contributed by atoms with E-state index in [1.807, 2.05) is 25.1 Å². The summed E-state index contributed by atoms with van der Waals surface area (Å²) >= 11 is 1.37. The van der Waals surface area contributed by atoms with Gasteiger partial charge in [-0.3, -0.25) is 10.2 Å². The first-order valence-corrected chi connectivity index (χ1v) is 9.24. The second-order valence-corrected chi connectivity index (χ2v) is 6.08. The van der Waals surface area contributed by atoms with Crippen molar-refractivity contribution in [1.82, 2.24) is 4.98 Å². The van der Waals surface area contributed by atoms with Crippen LogP contribution in [0.2, 0.25) is 0 Å². The Hall–Kier alpha value is -2.61. The summed E-state index contributed by atoms with van der Waals surface area (Å²) in [6, 6.07) is 5.62. The second kappa shape index (κ2) is 10.4. The molecular formula is C18H23N3O4S. The second-order valence-electron chi connectivity index (χ2n) is 5.22. The summed E-state index contributed by atoms with van der Waals surface area (Å²) in [5.41, 5.74) is 4.32. The first-order valence-electron chi connectivity index (χ1n) is 8.36. The van der Waals surface area contributed by atoms with Gasteiger partial charge in [-0.2, -0.15) is 5.10 Å². The van der Waals surface area contributed by atoms with Crippen molar-refractivity contribution < 1.29 is 19.0 Å². The van der Waals surface area contributed by atoms with Crippen molar-refractivity contribution in [3.05, 3.63) is 34.8 Å². The molecule has 0 spiro atoms. The number of anilines is 1. The van der Waals surface area contributed by atoms with Gasteiger partial charge in [-0.1, -0.05) is 13.0 Å². The van der Waals surface area contributed by atoms with E-state index in [-0.39, 0.29) is 12.4 Å². The molecule has 0 aliphatic carbocycles. The highest BCUT2D eigenvalue weighted by molar-refractivity contribution is 7.13. The van der Waals surface area contributed by atoms with Gasteiger partial charge in [0.25, 0.3) is 0 Å². The highest BCUT2D eigenvalue weighted by Gasteiger charge is 2.10. The number of benzene rings is 1. The van der Waals surface area contributed by atoms with E-state index in [4.69, 9.17) is 14.2 Å². The lowest BCUT2D eigenvalue weighted by atomic mass is 10.2. The molecule has 0 saturated carbocycles. The number of nitrogens with zero attached hydrogens (tertiary/aromatic N) is 2. The standard InChI is InChI=1S/C18H23N3O4S/c1-4-9-25-17-13(7-6-8-15(17)23-3)11-19-21-18-20-14(12-26-18)10-16(22)24-5-2/h6-8,11-12H,4-5,9-10H2,1-3H3,(H,20,21). The molecule has 140 valence electrons. The molecule has 8 heteroatoms. The normalized spacial score (nSPS) is 10.7. The van der Waals surface area contributed by atoms with Crippen LogP contribution in [0, 0.1) is 0 Å². The average molecular weight is 377 g/mol. The van der Waals surface area contributed by atoms with Gasteiger partial charge in [0.1, 0.15) is 0 Å². The Morgan fingerprint density at radius 2 is 2.23 bits per heavy atom. The maximum Gasteiger partial charge on any atom is 0.311 e. The number of hydrogen-bond acceptors (Lipinski definition) is 8. The topological polar surface area (TPSA) is 82.0 Å². The number of para-hydroxylation sites is 1. The van der Waals surface area contributed by atoms with Crippen LogP contribution in [0.15, 0.2) is 28.7 Å². The zero-order chi connectivity index (χ0) is 18.8. The van der Waals surface area contributed by atoms with Crippen LogP contribution in [0.1, 0.15) is 31.5 Å². The number of thiazole rings is 1. The zero-order valence-corrected chi connectivity index (χ0v) is 16.0. The SMILES string of the molecule is CCCOc1c(C=NNc2nc(CC(=O)OCC)cs2)cccc1OC. The number of esters is 1. The van der Waals surface area contributed by atoms with E-state index in [1.165, 1.54) is 11.3 Å². The van der Waals surface area contributed by atoms with Crippen LogP contribution in [0.4, 0.5) is 5.13 Å². The predicted molar refractivity (Wildman–Crippen MR) is 102 cm³/mol. The van der Waals surface area contributed by atoms with Crippen molar-refractivity contribution in [3.63, 3.8) is 0 Å². The summed E-state index contributed by atoms with van der Waals surface area (Å²) in [7, 11) is 1.61. The van der Waals surface area contributed by atoms with Gasteiger partial charge < -0.3 is 14.2 Å². The Bertz CT molecular complexity index is 746. The molecule has 0 radical (unpaired) electrons. The maximum absolute atomic E-state index is 11.5. The van der Waals surface area contributed by atoms with Crippen molar-refractivity contribution in [2.45, 2.75) is 26.7 Å². The minimum Gasteiger partial charge on any atom is -0.493 e. The van der Waals surface area contributed by atoms with Crippen LogP contribution in [-0.4, -0.2) is 37.5 Å². The van der Waals surface area contributed by atoms with Gasteiger partial charge in [-0.05, 0) is 25.5 Å². The number of rotatable bonds is 10. The van der Waals surface area contributed by atoms with Crippen molar-refractivity contribution in [2.24, 2.45) is 5.10 Å². The van der Waals surface area contributed by atoms with Crippen LogP contribution >= 0.6 is 11.3 Å². The van der Waals surface area contributed by atoms with Crippen LogP contribution in [0.5, 0.6) is 11.5 Å².